The molecule has 0 saturated heterocycles. The molecule has 0 bridgehead atoms. The molecule has 0 heterocycles. The highest BCUT2D eigenvalue weighted by Gasteiger charge is 2.34. The molecular weight excluding hydrogens is 563 g/mol. The van der Waals surface area contributed by atoms with E-state index in [-0.39, 0.29) is 35.9 Å². The van der Waals surface area contributed by atoms with Gasteiger partial charge in [0.05, 0.1) is 16.9 Å². The molecule has 222 valence electrons. The van der Waals surface area contributed by atoms with Crippen LogP contribution in [0, 0.1) is 15.9 Å². The van der Waals surface area contributed by atoms with Gasteiger partial charge in [-0.15, -0.1) is 0 Å². The molecule has 0 unspecified atom stereocenters. The number of nitrogens with one attached hydrogen (secondary N) is 1. The lowest BCUT2D eigenvalue weighted by Gasteiger charge is -2.34. The summed E-state index contributed by atoms with van der Waals surface area (Å²) in [6, 6.07) is 18.7. The minimum Gasteiger partial charge on any atom is -0.352 e. The number of nitrogens with zero attached hydrogens (tertiary/aromatic N) is 3. The zero-order valence-electron chi connectivity index (χ0n) is 23.2. The van der Waals surface area contributed by atoms with Crippen LogP contribution in [0.1, 0.15) is 36.8 Å². The molecule has 1 fully saturated rings. The van der Waals surface area contributed by atoms with Gasteiger partial charge in [0, 0.05) is 36.7 Å². The van der Waals surface area contributed by atoms with Crippen molar-refractivity contribution in [2.24, 2.45) is 0 Å². The number of carbonyl (C=O) groups is 2. The predicted molar refractivity (Wildman–Crippen MR) is 157 cm³/mol. The highest BCUT2D eigenvalue weighted by atomic mass is 32.2. The first-order valence-electron chi connectivity index (χ1n) is 13.6. The molecule has 0 aromatic heterocycles. The SMILES string of the molecule is CS(=O)(=O)N(CC(=O)N(Cc1ccccc1F)[C@@H](Cc1ccccc1)C(=O)NC1CCCC1)c1cccc([N+](=O)[O-])c1. The van der Waals surface area contributed by atoms with Gasteiger partial charge in [0.25, 0.3) is 5.69 Å². The first-order valence-corrected chi connectivity index (χ1v) is 15.5. The van der Waals surface area contributed by atoms with Crippen LogP contribution in [0.2, 0.25) is 0 Å². The van der Waals surface area contributed by atoms with Crippen molar-refractivity contribution in [3.05, 3.63) is 106 Å². The number of anilines is 1. The Labute approximate surface area is 244 Å². The average Bonchev–Trinajstić information content (AvgIpc) is 3.47. The zero-order chi connectivity index (χ0) is 30.3. The maximum atomic E-state index is 14.9. The number of nitro groups is 1. The van der Waals surface area contributed by atoms with Crippen molar-refractivity contribution in [3.8, 4) is 0 Å². The normalized spacial score (nSPS) is 14.2. The lowest BCUT2D eigenvalue weighted by Crippen LogP contribution is -2.54. The van der Waals surface area contributed by atoms with Crippen LogP contribution in [0.15, 0.2) is 78.9 Å². The van der Waals surface area contributed by atoms with Crippen molar-refractivity contribution in [1.82, 2.24) is 10.2 Å². The summed E-state index contributed by atoms with van der Waals surface area (Å²) < 4.78 is 41.3. The van der Waals surface area contributed by atoms with Gasteiger partial charge in [0.1, 0.15) is 18.4 Å². The fourth-order valence-electron chi connectivity index (χ4n) is 5.11. The summed E-state index contributed by atoms with van der Waals surface area (Å²) in [5.41, 5.74) is 0.475. The topological polar surface area (TPSA) is 130 Å². The number of non-ortho nitro benzene ring substituents is 1. The fraction of sp³-hybridized carbons (Fsp3) is 0.333. The smallest absolute Gasteiger partial charge is 0.271 e. The second-order valence-corrected chi connectivity index (χ2v) is 12.3. The van der Waals surface area contributed by atoms with E-state index in [0.717, 1.165) is 47.9 Å². The molecular formula is C30H33FN4O6S. The van der Waals surface area contributed by atoms with E-state index in [9.17, 15) is 32.5 Å². The van der Waals surface area contributed by atoms with Crippen LogP contribution in [-0.2, 0) is 32.6 Å². The van der Waals surface area contributed by atoms with E-state index in [1.807, 2.05) is 18.2 Å². The van der Waals surface area contributed by atoms with Gasteiger partial charge in [-0.3, -0.25) is 24.0 Å². The summed E-state index contributed by atoms with van der Waals surface area (Å²) in [4.78, 5) is 39.7. The van der Waals surface area contributed by atoms with Crippen molar-refractivity contribution in [2.75, 3.05) is 17.1 Å². The van der Waals surface area contributed by atoms with E-state index in [4.69, 9.17) is 0 Å². The lowest BCUT2D eigenvalue weighted by molar-refractivity contribution is -0.384. The fourth-order valence-corrected chi connectivity index (χ4v) is 5.95. The van der Waals surface area contributed by atoms with E-state index >= 15 is 0 Å². The number of benzene rings is 3. The predicted octanol–water partition coefficient (Wildman–Crippen LogP) is 4.20. The quantitative estimate of drug-likeness (QED) is 0.246. The first-order chi connectivity index (χ1) is 20.0. The summed E-state index contributed by atoms with van der Waals surface area (Å²) in [6.45, 7) is -1.05. The third-order valence-electron chi connectivity index (χ3n) is 7.28. The lowest BCUT2D eigenvalue weighted by atomic mass is 10.0. The highest BCUT2D eigenvalue weighted by Crippen LogP contribution is 2.25. The Morgan fingerprint density at radius 2 is 1.69 bits per heavy atom. The van der Waals surface area contributed by atoms with Crippen molar-refractivity contribution in [2.45, 2.75) is 50.7 Å². The van der Waals surface area contributed by atoms with Crippen LogP contribution in [0.5, 0.6) is 0 Å². The van der Waals surface area contributed by atoms with Crippen LogP contribution >= 0.6 is 0 Å². The molecule has 12 heteroatoms. The molecule has 1 atom stereocenters. The van der Waals surface area contributed by atoms with Gasteiger partial charge in [0.2, 0.25) is 21.8 Å². The third-order valence-corrected chi connectivity index (χ3v) is 8.42. The van der Waals surface area contributed by atoms with Crippen LogP contribution in [0.3, 0.4) is 0 Å². The second kappa shape index (κ2) is 13.6. The van der Waals surface area contributed by atoms with Gasteiger partial charge in [0.15, 0.2) is 0 Å². The van der Waals surface area contributed by atoms with E-state index in [0.29, 0.717) is 0 Å². The van der Waals surface area contributed by atoms with E-state index in [1.165, 1.54) is 41.3 Å². The standard InChI is InChI=1S/C30H33FN4O6S/c1-42(40,41)34(25-15-9-16-26(19-25)35(38)39)21-29(36)33(20-23-12-5-8-17-27(23)31)28(18-22-10-3-2-4-11-22)30(37)32-24-13-6-7-14-24/h2-5,8-12,15-17,19,24,28H,6-7,13-14,18,20-21H2,1H3,(H,32,37)/t28-/m0/s1. The summed E-state index contributed by atoms with van der Waals surface area (Å²) in [6.07, 6.45) is 4.54. The molecule has 1 N–H and O–H groups in total. The number of nitro benzene ring substituents is 1. The first kappa shape index (κ1) is 30.6. The van der Waals surface area contributed by atoms with Crippen molar-refractivity contribution in [3.63, 3.8) is 0 Å². The van der Waals surface area contributed by atoms with Gasteiger partial charge in [-0.2, -0.15) is 0 Å². The maximum Gasteiger partial charge on any atom is 0.271 e. The van der Waals surface area contributed by atoms with Crippen LogP contribution in [0.25, 0.3) is 0 Å². The second-order valence-electron chi connectivity index (χ2n) is 10.4. The molecule has 0 aliphatic heterocycles. The number of sulfonamides is 1. The number of halogens is 1. The third kappa shape index (κ3) is 7.90. The number of carbonyl (C=O) groups excluding carboxylic acids is 2. The zero-order valence-corrected chi connectivity index (χ0v) is 24.0. The molecule has 1 aliphatic carbocycles. The Kier molecular flexibility index (Phi) is 9.89. The van der Waals surface area contributed by atoms with Gasteiger partial charge >= 0.3 is 0 Å². The largest absolute Gasteiger partial charge is 0.352 e. The minimum absolute atomic E-state index is 0.0569. The van der Waals surface area contributed by atoms with Gasteiger partial charge in [-0.1, -0.05) is 67.4 Å². The Balaban J connectivity index is 1.74. The van der Waals surface area contributed by atoms with Crippen molar-refractivity contribution < 1.29 is 27.3 Å². The summed E-state index contributed by atoms with van der Waals surface area (Å²) in [5, 5.41) is 14.4. The van der Waals surface area contributed by atoms with E-state index in [1.54, 1.807) is 18.2 Å². The maximum absolute atomic E-state index is 14.9. The summed E-state index contributed by atoms with van der Waals surface area (Å²) in [5.74, 6) is -1.77. The molecule has 4 rings (SSSR count). The molecule has 3 aromatic carbocycles. The van der Waals surface area contributed by atoms with Crippen LogP contribution in [0.4, 0.5) is 15.8 Å². The van der Waals surface area contributed by atoms with Gasteiger partial charge in [-0.05, 0) is 30.5 Å². The Morgan fingerprint density at radius 1 is 1.02 bits per heavy atom. The Hall–Kier alpha value is -4.32. The Bertz CT molecular complexity index is 1530. The van der Waals surface area contributed by atoms with Crippen molar-refractivity contribution >= 4 is 33.2 Å². The number of hydrogen-bond donors (Lipinski definition) is 1. The van der Waals surface area contributed by atoms with E-state index < -0.39 is 45.2 Å². The molecule has 0 radical (unpaired) electrons. The number of hydrogen-bond acceptors (Lipinski definition) is 6. The van der Waals surface area contributed by atoms with Crippen LogP contribution < -0.4 is 9.62 Å². The molecule has 1 aliphatic rings. The van der Waals surface area contributed by atoms with Crippen LogP contribution in [-0.4, -0.2) is 54.9 Å². The molecule has 3 aromatic rings. The van der Waals surface area contributed by atoms with E-state index in [2.05, 4.69) is 5.32 Å². The summed E-state index contributed by atoms with van der Waals surface area (Å²) in [7, 11) is -4.10. The molecule has 0 spiro atoms. The Morgan fingerprint density at radius 3 is 2.33 bits per heavy atom. The highest BCUT2D eigenvalue weighted by molar-refractivity contribution is 7.92. The van der Waals surface area contributed by atoms with Gasteiger partial charge in [-0.25, -0.2) is 12.8 Å². The number of rotatable bonds is 12. The summed E-state index contributed by atoms with van der Waals surface area (Å²) >= 11 is 0. The molecule has 10 nitrogen and oxygen atoms in total. The number of amides is 2. The van der Waals surface area contributed by atoms with Crippen molar-refractivity contribution in [1.29, 1.82) is 0 Å². The molecule has 1 saturated carbocycles. The molecule has 2 amide bonds. The molecule has 42 heavy (non-hydrogen) atoms. The monoisotopic (exact) mass is 596 g/mol. The average molecular weight is 597 g/mol. The van der Waals surface area contributed by atoms with Gasteiger partial charge < -0.3 is 10.2 Å². The minimum atomic E-state index is -4.10.